The van der Waals surface area contributed by atoms with E-state index >= 15 is 0 Å². The molecule has 6 nitrogen and oxygen atoms in total. The quantitative estimate of drug-likeness (QED) is 0.355. The lowest BCUT2D eigenvalue weighted by molar-refractivity contribution is 0.185. The lowest BCUT2D eigenvalue weighted by Crippen LogP contribution is -2.43. The molecule has 2 N–H and O–H groups in total. The molecule has 2 saturated heterocycles. The Morgan fingerprint density at radius 2 is 1.79 bits per heavy atom. The summed E-state index contributed by atoms with van der Waals surface area (Å²) < 4.78 is 23.2. The Balaban J connectivity index is 0.00000280. The molecule has 1 unspecified atom stereocenters. The molecule has 2 aliphatic heterocycles. The number of nitrogens with one attached hydrogen (secondary N) is 2. The summed E-state index contributed by atoms with van der Waals surface area (Å²) >= 11 is 0. The molecule has 2 heterocycles. The summed E-state index contributed by atoms with van der Waals surface area (Å²) in [6, 6.07) is 8.67. The molecule has 8 heteroatoms. The second kappa shape index (κ2) is 10.8. The Morgan fingerprint density at radius 1 is 1.14 bits per heavy atom. The summed E-state index contributed by atoms with van der Waals surface area (Å²) in [7, 11) is -1.18. The maximum atomic E-state index is 11.6. The minimum absolute atomic E-state index is 0. The first-order valence-corrected chi connectivity index (χ1v) is 11.7. The molecular formula is C20H33IN4O2S. The molecule has 0 radical (unpaired) electrons. The third kappa shape index (κ3) is 7.18. The first kappa shape index (κ1) is 23.4. The van der Waals surface area contributed by atoms with Crippen molar-refractivity contribution in [3.63, 3.8) is 0 Å². The zero-order valence-corrected chi connectivity index (χ0v) is 20.0. The molecule has 3 rings (SSSR count). The summed E-state index contributed by atoms with van der Waals surface area (Å²) in [5.41, 5.74) is 2.54. The van der Waals surface area contributed by atoms with E-state index in [2.05, 4.69) is 51.7 Å². The molecule has 2 fully saturated rings. The zero-order valence-electron chi connectivity index (χ0n) is 16.9. The van der Waals surface area contributed by atoms with Crippen LogP contribution in [0.15, 0.2) is 29.3 Å². The van der Waals surface area contributed by atoms with Crippen molar-refractivity contribution in [1.29, 1.82) is 0 Å². The highest BCUT2D eigenvalue weighted by Crippen LogP contribution is 2.18. The summed E-state index contributed by atoms with van der Waals surface area (Å²) in [5, 5.41) is 6.49. The predicted octanol–water partition coefficient (Wildman–Crippen LogP) is 2.39. The van der Waals surface area contributed by atoms with Crippen molar-refractivity contribution in [3.05, 3.63) is 35.4 Å². The van der Waals surface area contributed by atoms with Crippen LogP contribution in [0.1, 0.15) is 37.3 Å². The number of nitrogens with zero attached hydrogens (tertiary/aromatic N) is 2. The van der Waals surface area contributed by atoms with Crippen molar-refractivity contribution < 1.29 is 8.42 Å². The lowest BCUT2D eigenvalue weighted by atomic mass is 9.99. The van der Waals surface area contributed by atoms with E-state index in [1.807, 2.05) is 0 Å². The predicted molar refractivity (Wildman–Crippen MR) is 126 cm³/mol. The number of rotatable bonds is 5. The molecule has 0 amide bonds. The molecule has 1 aromatic rings. The summed E-state index contributed by atoms with van der Waals surface area (Å²) in [6.07, 6.45) is 3.25. The minimum Gasteiger partial charge on any atom is -0.353 e. The van der Waals surface area contributed by atoms with Crippen LogP contribution in [-0.2, 0) is 22.9 Å². The van der Waals surface area contributed by atoms with E-state index < -0.39 is 9.84 Å². The number of guanidine groups is 1. The van der Waals surface area contributed by atoms with Gasteiger partial charge < -0.3 is 10.6 Å². The van der Waals surface area contributed by atoms with E-state index in [4.69, 9.17) is 0 Å². The first-order chi connectivity index (χ1) is 12.9. The standard InChI is InChI=1S/C20H32N4O2S.HI/c1-16-7-10-24(11-8-16)14-18-5-3-17(4-6-18)13-22-20(21-2)23-19-9-12-27(25,26)15-19;/h3-6,16,19H,7-15H2,1-2H3,(H2,21,22,23);1H. The molecule has 2 aliphatic rings. The Hall–Kier alpha value is -0.870. The second-order valence-corrected chi connectivity index (χ2v) is 10.2. The zero-order chi connectivity index (χ0) is 19.3. The number of halogens is 1. The number of hydrogen-bond acceptors (Lipinski definition) is 4. The first-order valence-electron chi connectivity index (χ1n) is 9.91. The molecule has 28 heavy (non-hydrogen) atoms. The van der Waals surface area contributed by atoms with Crippen LogP contribution in [0.2, 0.25) is 0 Å². The van der Waals surface area contributed by atoms with Crippen LogP contribution in [-0.4, -0.2) is 57.0 Å². The van der Waals surface area contributed by atoms with Gasteiger partial charge in [-0.05, 0) is 49.4 Å². The number of hydrogen-bond donors (Lipinski definition) is 2. The van der Waals surface area contributed by atoms with Gasteiger partial charge in [-0.1, -0.05) is 31.2 Å². The van der Waals surface area contributed by atoms with Crippen molar-refractivity contribution >= 4 is 39.8 Å². The molecule has 158 valence electrons. The maximum Gasteiger partial charge on any atom is 0.191 e. The van der Waals surface area contributed by atoms with Gasteiger partial charge in [0.25, 0.3) is 0 Å². The van der Waals surface area contributed by atoms with Crippen LogP contribution in [0.25, 0.3) is 0 Å². The fourth-order valence-electron chi connectivity index (χ4n) is 3.72. The Kier molecular flexibility index (Phi) is 9.01. The van der Waals surface area contributed by atoms with Gasteiger partial charge in [0.2, 0.25) is 0 Å². The Labute approximate surface area is 186 Å². The molecule has 0 spiro atoms. The normalized spacial score (nSPS) is 23.2. The van der Waals surface area contributed by atoms with Gasteiger partial charge in [-0.15, -0.1) is 24.0 Å². The van der Waals surface area contributed by atoms with Crippen molar-refractivity contribution in [2.75, 3.05) is 31.6 Å². The average Bonchev–Trinajstić information content (AvgIpc) is 3.00. The summed E-state index contributed by atoms with van der Waals surface area (Å²) in [5.74, 6) is 1.97. The van der Waals surface area contributed by atoms with Gasteiger partial charge in [0, 0.05) is 26.2 Å². The van der Waals surface area contributed by atoms with Gasteiger partial charge in [0.05, 0.1) is 11.5 Å². The van der Waals surface area contributed by atoms with Gasteiger partial charge in [0.15, 0.2) is 15.8 Å². The van der Waals surface area contributed by atoms with Crippen LogP contribution in [0.4, 0.5) is 0 Å². The number of benzene rings is 1. The van der Waals surface area contributed by atoms with Crippen LogP contribution >= 0.6 is 24.0 Å². The second-order valence-electron chi connectivity index (χ2n) is 7.95. The van der Waals surface area contributed by atoms with Crippen LogP contribution in [0, 0.1) is 5.92 Å². The van der Waals surface area contributed by atoms with E-state index in [1.54, 1.807) is 7.05 Å². The molecule has 0 saturated carbocycles. The van der Waals surface area contributed by atoms with Crippen LogP contribution in [0.5, 0.6) is 0 Å². The summed E-state index contributed by atoms with van der Waals surface area (Å²) in [6.45, 7) is 6.43. The van der Waals surface area contributed by atoms with E-state index in [9.17, 15) is 8.42 Å². The van der Waals surface area contributed by atoms with Crippen molar-refractivity contribution in [2.24, 2.45) is 10.9 Å². The van der Waals surface area contributed by atoms with Crippen LogP contribution < -0.4 is 10.6 Å². The molecule has 0 aliphatic carbocycles. The van der Waals surface area contributed by atoms with Crippen molar-refractivity contribution in [3.8, 4) is 0 Å². The highest BCUT2D eigenvalue weighted by molar-refractivity contribution is 14.0. The van der Waals surface area contributed by atoms with Gasteiger partial charge in [0.1, 0.15) is 0 Å². The lowest BCUT2D eigenvalue weighted by Gasteiger charge is -2.30. The molecule has 1 aromatic carbocycles. The fourth-order valence-corrected chi connectivity index (χ4v) is 5.40. The van der Waals surface area contributed by atoms with Crippen molar-refractivity contribution in [2.45, 2.75) is 45.3 Å². The van der Waals surface area contributed by atoms with E-state index in [-0.39, 0.29) is 41.5 Å². The molecule has 0 aromatic heterocycles. The molecular weight excluding hydrogens is 487 g/mol. The van der Waals surface area contributed by atoms with Crippen LogP contribution in [0.3, 0.4) is 0 Å². The Bertz CT molecular complexity index is 744. The monoisotopic (exact) mass is 520 g/mol. The third-order valence-corrected chi connectivity index (χ3v) is 7.33. The number of aliphatic imine (C=N–C) groups is 1. The minimum atomic E-state index is -2.89. The topological polar surface area (TPSA) is 73.8 Å². The van der Waals surface area contributed by atoms with Gasteiger partial charge in [-0.3, -0.25) is 9.89 Å². The largest absolute Gasteiger partial charge is 0.353 e. The summed E-state index contributed by atoms with van der Waals surface area (Å²) in [4.78, 5) is 6.74. The third-order valence-electron chi connectivity index (χ3n) is 5.56. The average molecular weight is 520 g/mol. The maximum absolute atomic E-state index is 11.6. The number of likely N-dealkylation sites (tertiary alicyclic amines) is 1. The number of piperidine rings is 1. The van der Waals surface area contributed by atoms with Gasteiger partial charge in [-0.25, -0.2) is 8.42 Å². The van der Waals surface area contributed by atoms with Crippen molar-refractivity contribution in [1.82, 2.24) is 15.5 Å². The molecule has 1 atom stereocenters. The number of sulfone groups is 1. The Morgan fingerprint density at radius 3 is 2.36 bits per heavy atom. The smallest absolute Gasteiger partial charge is 0.191 e. The van der Waals surface area contributed by atoms with E-state index in [0.29, 0.717) is 18.9 Å². The molecule has 0 bridgehead atoms. The van der Waals surface area contributed by atoms with Gasteiger partial charge >= 0.3 is 0 Å². The van der Waals surface area contributed by atoms with Gasteiger partial charge in [-0.2, -0.15) is 0 Å². The highest BCUT2D eigenvalue weighted by Gasteiger charge is 2.28. The highest BCUT2D eigenvalue weighted by atomic mass is 127. The van der Waals surface area contributed by atoms with E-state index in [1.165, 1.54) is 37.1 Å². The van der Waals surface area contributed by atoms with E-state index in [0.717, 1.165) is 12.5 Å². The fraction of sp³-hybridized carbons (Fsp3) is 0.650. The SMILES string of the molecule is CN=C(NCc1ccc(CN2CCC(C)CC2)cc1)NC1CCS(=O)(=O)C1.I.